The van der Waals surface area contributed by atoms with Gasteiger partial charge in [0, 0.05) is 32.2 Å². The molecule has 0 bridgehead atoms. The minimum Gasteiger partial charge on any atom is -0.378 e. The number of amides is 1. The highest BCUT2D eigenvalue weighted by atomic mass is 16.5. The summed E-state index contributed by atoms with van der Waals surface area (Å²) in [6.07, 6.45) is 0. The van der Waals surface area contributed by atoms with Gasteiger partial charge in [0.25, 0.3) is 0 Å². The van der Waals surface area contributed by atoms with E-state index in [1.807, 2.05) is 11.9 Å². The van der Waals surface area contributed by atoms with Crippen LogP contribution < -0.4 is 5.32 Å². The average Bonchev–Trinajstić information content (AvgIpc) is 2.16. The third-order valence-electron chi connectivity index (χ3n) is 3.13. The zero-order valence-electron chi connectivity index (χ0n) is 9.24. The molecule has 2 heterocycles. The van der Waals surface area contributed by atoms with Gasteiger partial charge in [-0.2, -0.15) is 0 Å². The molecule has 1 N–H and O–H groups in total. The number of carbonyl (C=O) groups excluding carboxylic acids is 1. The molecule has 2 aliphatic heterocycles. The van der Waals surface area contributed by atoms with Crippen LogP contribution in [-0.2, 0) is 9.53 Å². The molecule has 0 saturated carbocycles. The number of rotatable bonds is 3. The van der Waals surface area contributed by atoms with E-state index in [1.54, 1.807) is 0 Å². The summed E-state index contributed by atoms with van der Waals surface area (Å²) in [6, 6.07) is 0.537. The first-order valence-electron chi connectivity index (χ1n) is 5.54. The van der Waals surface area contributed by atoms with E-state index in [-0.39, 0.29) is 5.91 Å². The second-order valence-electron chi connectivity index (χ2n) is 4.22. The average molecular weight is 213 g/mol. The number of hydrogen-bond donors (Lipinski definition) is 1. The van der Waals surface area contributed by atoms with Crippen LogP contribution in [-0.4, -0.2) is 74.7 Å². The largest absolute Gasteiger partial charge is 0.378 e. The maximum absolute atomic E-state index is 11.9. The number of nitrogens with one attached hydrogen (secondary N) is 1. The Morgan fingerprint density at radius 3 is 2.67 bits per heavy atom. The van der Waals surface area contributed by atoms with Gasteiger partial charge in [0.15, 0.2) is 0 Å². The van der Waals surface area contributed by atoms with Gasteiger partial charge in [-0.05, 0) is 7.05 Å². The SMILES string of the molecule is CN(CC(=O)N1CCOCC1)C1CNC1. The highest BCUT2D eigenvalue weighted by Crippen LogP contribution is 2.04. The summed E-state index contributed by atoms with van der Waals surface area (Å²) in [5.74, 6) is 0.229. The van der Waals surface area contributed by atoms with Crippen molar-refractivity contribution in [1.29, 1.82) is 0 Å². The monoisotopic (exact) mass is 213 g/mol. The Morgan fingerprint density at radius 1 is 1.47 bits per heavy atom. The van der Waals surface area contributed by atoms with E-state index in [0.29, 0.717) is 25.8 Å². The number of nitrogens with zero attached hydrogens (tertiary/aromatic N) is 2. The van der Waals surface area contributed by atoms with Crippen molar-refractivity contribution in [3.63, 3.8) is 0 Å². The lowest BCUT2D eigenvalue weighted by molar-refractivity contribution is -0.136. The first-order chi connectivity index (χ1) is 7.27. The maximum atomic E-state index is 11.9. The Hall–Kier alpha value is -0.650. The number of ether oxygens (including phenoxy) is 1. The van der Waals surface area contributed by atoms with Gasteiger partial charge in [-0.15, -0.1) is 0 Å². The molecule has 5 heteroatoms. The molecule has 0 aromatic carbocycles. The minimum atomic E-state index is 0.229. The van der Waals surface area contributed by atoms with Gasteiger partial charge in [0.2, 0.25) is 5.91 Å². The van der Waals surface area contributed by atoms with Crippen molar-refractivity contribution < 1.29 is 9.53 Å². The van der Waals surface area contributed by atoms with Crippen LogP contribution in [0.5, 0.6) is 0 Å². The van der Waals surface area contributed by atoms with Crippen molar-refractivity contribution in [2.45, 2.75) is 6.04 Å². The molecule has 0 aliphatic carbocycles. The highest BCUT2D eigenvalue weighted by molar-refractivity contribution is 5.78. The fourth-order valence-electron chi connectivity index (χ4n) is 1.84. The molecular weight excluding hydrogens is 194 g/mol. The van der Waals surface area contributed by atoms with Gasteiger partial charge in [-0.1, -0.05) is 0 Å². The maximum Gasteiger partial charge on any atom is 0.236 e. The van der Waals surface area contributed by atoms with Crippen molar-refractivity contribution in [3.05, 3.63) is 0 Å². The molecule has 2 saturated heterocycles. The molecule has 5 nitrogen and oxygen atoms in total. The van der Waals surface area contributed by atoms with Gasteiger partial charge < -0.3 is 15.0 Å². The van der Waals surface area contributed by atoms with Crippen LogP contribution in [0.3, 0.4) is 0 Å². The first kappa shape index (κ1) is 10.9. The quantitative estimate of drug-likeness (QED) is 0.636. The van der Waals surface area contributed by atoms with E-state index >= 15 is 0 Å². The third-order valence-corrected chi connectivity index (χ3v) is 3.13. The summed E-state index contributed by atoms with van der Waals surface area (Å²) < 4.78 is 5.22. The van der Waals surface area contributed by atoms with Gasteiger partial charge in [-0.3, -0.25) is 9.69 Å². The van der Waals surface area contributed by atoms with Gasteiger partial charge in [-0.25, -0.2) is 0 Å². The molecule has 0 radical (unpaired) electrons. The van der Waals surface area contributed by atoms with E-state index in [2.05, 4.69) is 10.2 Å². The fraction of sp³-hybridized carbons (Fsp3) is 0.900. The van der Waals surface area contributed by atoms with E-state index < -0.39 is 0 Å². The predicted molar refractivity (Wildman–Crippen MR) is 56.7 cm³/mol. The zero-order chi connectivity index (χ0) is 10.7. The molecular formula is C10H19N3O2. The number of carbonyl (C=O) groups is 1. The lowest BCUT2D eigenvalue weighted by Gasteiger charge is -2.36. The van der Waals surface area contributed by atoms with Crippen LogP contribution >= 0.6 is 0 Å². The van der Waals surface area contributed by atoms with Crippen molar-refractivity contribution in [2.75, 3.05) is 53.0 Å². The molecule has 2 aliphatic rings. The Balaban J connectivity index is 1.74. The van der Waals surface area contributed by atoms with E-state index in [4.69, 9.17) is 4.74 Å². The summed E-state index contributed by atoms with van der Waals surface area (Å²) in [7, 11) is 2.02. The van der Waals surface area contributed by atoms with Gasteiger partial charge in [0.1, 0.15) is 0 Å². The second-order valence-corrected chi connectivity index (χ2v) is 4.22. The van der Waals surface area contributed by atoms with E-state index in [0.717, 1.165) is 26.2 Å². The summed E-state index contributed by atoms with van der Waals surface area (Å²) in [6.45, 7) is 5.40. The molecule has 15 heavy (non-hydrogen) atoms. The minimum absolute atomic E-state index is 0.229. The second kappa shape index (κ2) is 4.92. The standard InChI is InChI=1S/C10H19N3O2/c1-12(9-6-11-7-9)8-10(14)13-2-4-15-5-3-13/h9,11H,2-8H2,1H3. The van der Waals surface area contributed by atoms with Crippen molar-refractivity contribution in [2.24, 2.45) is 0 Å². The van der Waals surface area contributed by atoms with Crippen LogP contribution in [0.1, 0.15) is 0 Å². The van der Waals surface area contributed by atoms with Crippen LogP contribution in [0.4, 0.5) is 0 Å². The van der Waals surface area contributed by atoms with Crippen LogP contribution in [0.15, 0.2) is 0 Å². The van der Waals surface area contributed by atoms with E-state index in [9.17, 15) is 4.79 Å². The molecule has 0 aromatic heterocycles. The normalized spacial score (nSPS) is 22.9. The summed E-state index contributed by atoms with van der Waals surface area (Å²) in [4.78, 5) is 15.9. The van der Waals surface area contributed by atoms with Gasteiger partial charge in [0.05, 0.1) is 19.8 Å². The van der Waals surface area contributed by atoms with Crippen molar-refractivity contribution >= 4 is 5.91 Å². The smallest absolute Gasteiger partial charge is 0.236 e. The molecule has 0 unspecified atom stereocenters. The lowest BCUT2D eigenvalue weighted by atomic mass is 10.1. The Morgan fingerprint density at radius 2 is 2.13 bits per heavy atom. The third kappa shape index (κ3) is 2.68. The summed E-state index contributed by atoms with van der Waals surface area (Å²) >= 11 is 0. The van der Waals surface area contributed by atoms with Crippen molar-refractivity contribution in [1.82, 2.24) is 15.1 Å². The van der Waals surface area contributed by atoms with Gasteiger partial charge >= 0.3 is 0 Å². The van der Waals surface area contributed by atoms with Crippen LogP contribution in [0.25, 0.3) is 0 Å². The van der Waals surface area contributed by atoms with E-state index in [1.165, 1.54) is 0 Å². The Kier molecular flexibility index (Phi) is 3.56. The molecule has 0 aromatic rings. The molecule has 86 valence electrons. The lowest BCUT2D eigenvalue weighted by Crippen LogP contribution is -2.58. The van der Waals surface area contributed by atoms with Crippen LogP contribution in [0.2, 0.25) is 0 Å². The topological polar surface area (TPSA) is 44.8 Å². The Labute approximate surface area is 90.4 Å². The zero-order valence-corrected chi connectivity index (χ0v) is 9.24. The number of likely N-dealkylation sites (N-methyl/N-ethyl adjacent to an activating group) is 1. The summed E-state index contributed by atoms with van der Waals surface area (Å²) in [5, 5.41) is 3.21. The number of morpholine rings is 1. The van der Waals surface area contributed by atoms with Crippen molar-refractivity contribution in [3.8, 4) is 0 Å². The molecule has 0 atom stereocenters. The predicted octanol–water partition coefficient (Wildman–Crippen LogP) is -1.25. The number of hydrogen-bond acceptors (Lipinski definition) is 4. The molecule has 1 amide bonds. The fourth-order valence-corrected chi connectivity index (χ4v) is 1.84. The molecule has 2 rings (SSSR count). The highest BCUT2D eigenvalue weighted by Gasteiger charge is 2.25. The summed E-state index contributed by atoms with van der Waals surface area (Å²) in [5.41, 5.74) is 0. The molecule has 0 spiro atoms. The van der Waals surface area contributed by atoms with Crippen LogP contribution in [0, 0.1) is 0 Å². The Bertz CT molecular complexity index is 225. The molecule has 2 fully saturated rings. The first-order valence-corrected chi connectivity index (χ1v) is 5.54.